The van der Waals surface area contributed by atoms with Crippen LogP contribution in [0.2, 0.25) is 0 Å². The van der Waals surface area contributed by atoms with Gasteiger partial charge >= 0.3 is 12.1 Å². The van der Waals surface area contributed by atoms with E-state index >= 15 is 4.39 Å². The van der Waals surface area contributed by atoms with E-state index < -0.39 is 42.9 Å². The summed E-state index contributed by atoms with van der Waals surface area (Å²) in [6, 6.07) is 8.39. The van der Waals surface area contributed by atoms with Crippen LogP contribution in [-0.4, -0.2) is 69.6 Å². The number of alkyl halides is 2. The predicted molar refractivity (Wildman–Crippen MR) is 163 cm³/mol. The van der Waals surface area contributed by atoms with E-state index in [0.717, 1.165) is 16.5 Å². The molecule has 0 bridgehead atoms. The fourth-order valence-electron chi connectivity index (χ4n) is 5.15. The standard InChI is InChI=1S/C31H28F3N5O6S/c1-16-7-17-9-19(42-2)15-35-27(17)20(8-16)28-39-22-10-21(32)24(11-26(22)46-28)44-25-12-31(33,34)4-3-23(25)45-30(41)38-18-13-36-29(37-14-18)43-6-5-40/h7-11,13-15,23,25,40H,3-6,12H2,1-2H3,(H,38,41)/t23-,25+/m1/s1. The Morgan fingerprint density at radius 1 is 1.11 bits per heavy atom. The minimum atomic E-state index is -3.10. The molecule has 2 N–H and O–H groups in total. The lowest BCUT2D eigenvalue weighted by atomic mass is 9.91. The number of nitrogens with one attached hydrogen (secondary N) is 1. The smallest absolute Gasteiger partial charge is 0.412 e. The number of aliphatic hydroxyl groups is 1. The number of rotatable bonds is 9. The number of halogens is 3. The molecule has 3 aromatic heterocycles. The summed E-state index contributed by atoms with van der Waals surface area (Å²) >= 11 is 1.28. The topological polar surface area (TPSA) is 138 Å². The van der Waals surface area contributed by atoms with E-state index in [2.05, 4.69) is 25.3 Å². The second kappa shape index (κ2) is 12.9. The highest BCUT2D eigenvalue weighted by Gasteiger charge is 2.45. The zero-order valence-electron chi connectivity index (χ0n) is 24.6. The summed E-state index contributed by atoms with van der Waals surface area (Å²) in [4.78, 5) is 29.6. The molecule has 0 aliphatic heterocycles. The van der Waals surface area contributed by atoms with Gasteiger partial charge in [-0.25, -0.2) is 32.9 Å². The molecule has 2 atom stereocenters. The number of thiazole rings is 1. The Balaban J connectivity index is 1.22. The van der Waals surface area contributed by atoms with Gasteiger partial charge in [-0.05, 0) is 37.1 Å². The number of benzene rings is 2. The highest BCUT2D eigenvalue weighted by Crippen LogP contribution is 2.40. The van der Waals surface area contributed by atoms with Gasteiger partial charge in [0, 0.05) is 29.5 Å². The molecule has 3 heterocycles. The molecule has 1 aliphatic carbocycles. The molecule has 1 saturated carbocycles. The van der Waals surface area contributed by atoms with Crippen molar-refractivity contribution in [2.75, 3.05) is 25.6 Å². The third-order valence-corrected chi connectivity index (χ3v) is 8.30. The maximum Gasteiger partial charge on any atom is 0.412 e. The van der Waals surface area contributed by atoms with Gasteiger partial charge in [0.15, 0.2) is 11.6 Å². The highest BCUT2D eigenvalue weighted by atomic mass is 32.1. The molecule has 15 heteroatoms. The Bertz CT molecular complexity index is 1890. The van der Waals surface area contributed by atoms with Gasteiger partial charge < -0.3 is 24.1 Å². The number of nitrogens with zero attached hydrogens (tertiary/aromatic N) is 4. The molecule has 0 radical (unpaired) electrons. The van der Waals surface area contributed by atoms with Crippen LogP contribution >= 0.6 is 11.3 Å². The number of aromatic nitrogens is 4. The summed E-state index contributed by atoms with van der Waals surface area (Å²) < 4.78 is 66.5. The van der Waals surface area contributed by atoms with Crippen LogP contribution in [-0.2, 0) is 4.74 Å². The third kappa shape index (κ3) is 6.89. The third-order valence-electron chi connectivity index (χ3n) is 7.25. The number of ether oxygens (including phenoxy) is 4. The quantitative estimate of drug-likeness (QED) is 0.186. The predicted octanol–water partition coefficient (Wildman–Crippen LogP) is 6.31. The van der Waals surface area contributed by atoms with Gasteiger partial charge in [0.2, 0.25) is 0 Å². The zero-order valence-corrected chi connectivity index (χ0v) is 25.4. The summed E-state index contributed by atoms with van der Waals surface area (Å²) in [7, 11) is 1.56. The molecule has 1 amide bonds. The van der Waals surface area contributed by atoms with Gasteiger partial charge in [-0.2, -0.15) is 0 Å². The number of carbonyl (C=O) groups is 1. The molecular weight excluding hydrogens is 627 g/mol. The fraction of sp³-hybridized carbons (Fsp3) is 0.323. The largest absolute Gasteiger partial charge is 0.495 e. The summed E-state index contributed by atoms with van der Waals surface area (Å²) in [5.74, 6) is -3.54. The highest BCUT2D eigenvalue weighted by molar-refractivity contribution is 7.21. The molecule has 11 nitrogen and oxygen atoms in total. The Morgan fingerprint density at radius 2 is 1.91 bits per heavy atom. The molecule has 6 rings (SSSR count). The van der Waals surface area contributed by atoms with Crippen molar-refractivity contribution in [3.8, 4) is 28.1 Å². The average molecular weight is 656 g/mol. The SMILES string of the molecule is COc1cnc2c(-c3nc4cc(F)c(O[C@H]5CC(F)(F)CC[C@H]5OC(=O)Nc5cnc(OCCO)nc5)cc4s3)cc(C)cc2c1. The maximum absolute atomic E-state index is 15.3. The molecule has 240 valence electrons. The molecule has 5 aromatic rings. The number of hydrogen-bond acceptors (Lipinski definition) is 11. The lowest BCUT2D eigenvalue weighted by molar-refractivity contribution is -0.114. The van der Waals surface area contributed by atoms with Crippen molar-refractivity contribution in [1.29, 1.82) is 0 Å². The van der Waals surface area contributed by atoms with Crippen LogP contribution in [0.25, 0.3) is 31.7 Å². The molecule has 0 saturated heterocycles. The number of anilines is 1. The number of aryl methyl sites for hydroxylation is 1. The van der Waals surface area contributed by atoms with E-state index in [4.69, 9.17) is 24.1 Å². The van der Waals surface area contributed by atoms with Crippen LogP contribution < -0.4 is 19.5 Å². The Morgan fingerprint density at radius 3 is 2.67 bits per heavy atom. The Labute approximate surface area is 264 Å². The molecule has 1 fully saturated rings. The van der Waals surface area contributed by atoms with Gasteiger partial charge in [0.25, 0.3) is 5.92 Å². The number of hydrogen-bond donors (Lipinski definition) is 2. The van der Waals surface area contributed by atoms with Crippen LogP contribution in [0.4, 0.5) is 23.7 Å². The van der Waals surface area contributed by atoms with Gasteiger partial charge in [0.05, 0.1) is 60.1 Å². The van der Waals surface area contributed by atoms with Crippen molar-refractivity contribution < 1.29 is 42.0 Å². The van der Waals surface area contributed by atoms with E-state index in [9.17, 15) is 13.6 Å². The van der Waals surface area contributed by atoms with Crippen molar-refractivity contribution >= 4 is 44.2 Å². The number of fused-ring (bicyclic) bond motifs is 2. The van der Waals surface area contributed by atoms with Crippen LogP contribution in [0.5, 0.6) is 17.5 Å². The average Bonchev–Trinajstić information content (AvgIpc) is 3.43. The fourth-order valence-corrected chi connectivity index (χ4v) is 6.14. The first-order chi connectivity index (χ1) is 22.1. The van der Waals surface area contributed by atoms with Crippen molar-refractivity contribution in [2.24, 2.45) is 0 Å². The van der Waals surface area contributed by atoms with Crippen LogP contribution in [0.1, 0.15) is 24.8 Å². The summed E-state index contributed by atoms with van der Waals surface area (Å²) in [5.41, 5.74) is 2.95. The van der Waals surface area contributed by atoms with Gasteiger partial charge in [-0.1, -0.05) is 0 Å². The number of methoxy groups -OCH3 is 1. The van der Waals surface area contributed by atoms with Gasteiger partial charge in [0.1, 0.15) is 29.6 Å². The summed E-state index contributed by atoms with van der Waals surface area (Å²) in [6.45, 7) is 1.72. The minimum absolute atomic E-state index is 0.00238. The summed E-state index contributed by atoms with van der Waals surface area (Å²) in [6.07, 6.45) is -0.776. The number of amides is 1. The Hall–Kier alpha value is -4.76. The molecule has 1 aliphatic rings. The minimum Gasteiger partial charge on any atom is -0.495 e. The van der Waals surface area contributed by atoms with Crippen molar-refractivity contribution in [2.45, 2.75) is 44.3 Å². The number of aliphatic hydroxyl groups excluding tert-OH is 1. The lowest BCUT2D eigenvalue weighted by Gasteiger charge is -2.35. The lowest BCUT2D eigenvalue weighted by Crippen LogP contribution is -2.45. The van der Waals surface area contributed by atoms with E-state index in [0.29, 0.717) is 26.5 Å². The maximum atomic E-state index is 15.3. The van der Waals surface area contributed by atoms with Crippen LogP contribution in [0, 0.1) is 12.7 Å². The number of pyridine rings is 1. The molecular formula is C31H28F3N5O6S. The van der Waals surface area contributed by atoms with Gasteiger partial charge in [-0.15, -0.1) is 11.3 Å². The van der Waals surface area contributed by atoms with Gasteiger partial charge in [-0.3, -0.25) is 10.3 Å². The van der Waals surface area contributed by atoms with Crippen LogP contribution in [0.15, 0.2) is 48.9 Å². The second-order valence-electron chi connectivity index (χ2n) is 10.7. The van der Waals surface area contributed by atoms with E-state index in [1.54, 1.807) is 13.3 Å². The number of carbonyl (C=O) groups excluding carboxylic acids is 1. The molecule has 46 heavy (non-hydrogen) atoms. The van der Waals surface area contributed by atoms with E-state index in [1.165, 1.54) is 35.9 Å². The monoisotopic (exact) mass is 655 g/mol. The van der Waals surface area contributed by atoms with E-state index in [-0.39, 0.29) is 37.1 Å². The normalized spacial score (nSPS) is 17.5. The first-order valence-electron chi connectivity index (χ1n) is 14.2. The second-order valence-corrected chi connectivity index (χ2v) is 11.7. The zero-order chi connectivity index (χ0) is 32.4. The molecule has 2 aromatic carbocycles. The van der Waals surface area contributed by atoms with Crippen LogP contribution in [0.3, 0.4) is 0 Å². The van der Waals surface area contributed by atoms with Crippen molar-refractivity contribution in [1.82, 2.24) is 19.9 Å². The molecule has 0 spiro atoms. The van der Waals surface area contributed by atoms with Crippen molar-refractivity contribution in [3.63, 3.8) is 0 Å². The molecule has 0 unspecified atom stereocenters. The first-order valence-corrected chi connectivity index (χ1v) is 15.0. The first kappa shape index (κ1) is 31.2. The van der Waals surface area contributed by atoms with E-state index in [1.807, 2.05) is 25.1 Å². The summed E-state index contributed by atoms with van der Waals surface area (Å²) in [5, 5.41) is 12.7. The van der Waals surface area contributed by atoms with Crippen molar-refractivity contribution in [3.05, 3.63) is 60.3 Å². The Kier molecular flexibility index (Phi) is 8.77.